The molecule has 2 aromatic rings. The number of aromatic hydroxyl groups is 1. The molecule has 2 aromatic carbocycles. The summed E-state index contributed by atoms with van der Waals surface area (Å²) >= 11 is 0. The lowest BCUT2D eigenvalue weighted by Gasteiger charge is -2.40. The van der Waals surface area contributed by atoms with Crippen LogP contribution >= 0.6 is 0 Å². The van der Waals surface area contributed by atoms with Gasteiger partial charge in [-0.2, -0.15) is 0 Å². The van der Waals surface area contributed by atoms with E-state index in [1.165, 1.54) is 5.56 Å². The minimum absolute atomic E-state index is 0.154. The number of hydrogen-bond donors (Lipinski definition) is 2. The van der Waals surface area contributed by atoms with Gasteiger partial charge >= 0.3 is 0 Å². The number of rotatable bonds is 2. The van der Waals surface area contributed by atoms with E-state index in [4.69, 9.17) is 4.74 Å². The lowest BCUT2D eigenvalue weighted by atomic mass is 9.81. The van der Waals surface area contributed by atoms with Gasteiger partial charge < -0.3 is 15.2 Å². The van der Waals surface area contributed by atoms with Crippen molar-refractivity contribution >= 4 is 5.57 Å². The van der Waals surface area contributed by atoms with Crippen molar-refractivity contribution < 1.29 is 9.84 Å². The molecule has 0 radical (unpaired) electrons. The molecule has 0 aliphatic carbocycles. The molecule has 2 atom stereocenters. The minimum atomic E-state index is -0.322. The molecule has 2 aliphatic rings. The normalized spacial score (nSPS) is 27.1. The average molecular weight is 307 g/mol. The second-order valence-electron chi connectivity index (χ2n) is 6.33. The van der Waals surface area contributed by atoms with E-state index < -0.39 is 0 Å². The molecular formula is C20H21NO2. The van der Waals surface area contributed by atoms with E-state index in [0.717, 1.165) is 30.5 Å². The van der Waals surface area contributed by atoms with Crippen molar-refractivity contribution in [2.75, 3.05) is 13.2 Å². The second kappa shape index (κ2) is 5.84. The van der Waals surface area contributed by atoms with Gasteiger partial charge in [0.15, 0.2) is 0 Å². The number of piperidine rings is 1. The van der Waals surface area contributed by atoms with Gasteiger partial charge in [0.25, 0.3) is 0 Å². The van der Waals surface area contributed by atoms with E-state index >= 15 is 0 Å². The summed E-state index contributed by atoms with van der Waals surface area (Å²) < 4.78 is 6.30. The van der Waals surface area contributed by atoms with Crippen LogP contribution in [0.25, 0.3) is 5.57 Å². The van der Waals surface area contributed by atoms with Crippen LogP contribution in [0.2, 0.25) is 0 Å². The highest BCUT2D eigenvalue weighted by Gasteiger charge is 2.44. The number of hydrogen-bond acceptors (Lipinski definition) is 3. The molecule has 2 aliphatic heterocycles. The van der Waals surface area contributed by atoms with Gasteiger partial charge in [0, 0.05) is 5.56 Å². The Bertz CT molecular complexity index is 725. The highest BCUT2D eigenvalue weighted by atomic mass is 16.5. The third-order valence-electron chi connectivity index (χ3n) is 4.88. The molecule has 3 nitrogen and oxygen atoms in total. The van der Waals surface area contributed by atoms with E-state index in [-0.39, 0.29) is 11.6 Å². The summed E-state index contributed by atoms with van der Waals surface area (Å²) in [6.07, 6.45) is 4.32. The van der Waals surface area contributed by atoms with Gasteiger partial charge in [-0.15, -0.1) is 0 Å². The molecule has 1 fully saturated rings. The zero-order valence-electron chi connectivity index (χ0n) is 13.0. The fourth-order valence-corrected chi connectivity index (χ4v) is 3.78. The number of nitrogens with one attached hydrogen (secondary N) is 1. The Kier molecular flexibility index (Phi) is 3.68. The summed E-state index contributed by atoms with van der Waals surface area (Å²) in [4.78, 5) is 0. The van der Waals surface area contributed by atoms with Crippen LogP contribution in [0.3, 0.4) is 0 Å². The maximum atomic E-state index is 10.1. The Morgan fingerprint density at radius 2 is 1.83 bits per heavy atom. The molecule has 0 saturated carbocycles. The highest BCUT2D eigenvalue weighted by Crippen LogP contribution is 2.44. The highest BCUT2D eigenvalue weighted by molar-refractivity contribution is 5.73. The Balaban J connectivity index is 1.73. The molecule has 0 bridgehead atoms. The van der Waals surface area contributed by atoms with Gasteiger partial charge in [-0.3, -0.25) is 0 Å². The number of para-hydroxylation sites is 1. The van der Waals surface area contributed by atoms with Gasteiger partial charge in [0.1, 0.15) is 11.4 Å². The SMILES string of the molecule is Oc1ccccc1C1=CC2(CCCNC2c2ccccc2)OC1. The largest absolute Gasteiger partial charge is 0.507 e. The number of benzene rings is 2. The Labute approximate surface area is 136 Å². The summed E-state index contributed by atoms with van der Waals surface area (Å²) in [5.74, 6) is 0.319. The minimum Gasteiger partial charge on any atom is -0.507 e. The topological polar surface area (TPSA) is 41.5 Å². The van der Waals surface area contributed by atoms with Crippen LogP contribution in [0.4, 0.5) is 0 Å². The van der Waals surface area contributed by atoms with Crippen molar-refractivity contribution in [1.82, 2.24) is 5.32 Å². The fraction of sp³-hybridized carbons (Fsp3) is 0.300. The van der Waals surface area contributed by atoms with Gasteiger partial charge in [0.05, 0.1) is 12.6 Å². The summed E-state index contributed by atoms with van der Waals surface area (Å²) in [6.45, 7) is 1.55. The lowest BCUT2D eigenvalue weighted by molar-refractivity contribution is -0.0255. The van der Waals surface area contributed by atoms with Gasteiger partial charge in [0.2, 0.25) is 0 Å². The van der Waals surface area contributed by atoms with Crippen LogP contribution in [-0.4, -0.2) is 23.9 Å². The molecule has 2 heterocycles. The fourth-order valence-electron chi connectivity index (χ4n) is 3.78. The standard InChI is InChI=1S/C20H21NO2/c22-18-10-5-4-9-17(18)16-13-20(23-14-16)11-6-12-21-19(20)15-7-2-1-3-8-15/h1-5,7-10,13,19,21-22H,6,11-12,14H2. The molecule has 23 heavy (non-hydrogen) atoms. The van der Waals surface area contributed by atoms with Crippen molar-refractivity contribution in [3.63, 3.8) is 0 Å². The van der Waals surface area contributed by atoms with E-state index in [9.17, 15) is 5.11 Å². The average Bonchev–Trinajstić information content (AvgIpc) is 3.00. The van der Waals surface area contributed by atoms with Gasteiger partial charge in [-0.05, 0) is 42.7 Å². The molecule has 118 valence electrons. The second-order valence-corrected chi connectivity index (χ2v) is 6.33. The zero-order chi connectivity index (χ0) is 15.7. The van der Waals surface area contributed by atoms with E-state index in [2.05, 4.69) is 35.7 Å². The third kappa shape index (κ3) is 2.56. The predicted molar refractivity (Wildman–Crippen MR) is 91.2 cm³/mol. The van der Waals surface area contributed by atoms with E-state index in [0.29, 0.717) is 12.4 Å². The molecule has 3 heteroatoms. The maximum absolute atomic E-state index is 10.1. The number of phenols is 1. The van der Waals surface area contributed by atoms with Crippen molar-refractivity contribution in [3.05, 3.63) is 71.8 Å². The molecule has 2 N–H and O–H groups in total. The molecule has 2 unspecified atom stereocenters. The summed E-state index contributed by atoms with van der Waals surface area (Å²) in [6, 6.07) is 18.1. The molecule has 0 aromatic heterocycles. The molecular weight excluding hydrogens is 286 g/mol. The molecule has 1 saturated heterocycles. The number of ether oxygens (including phenoxy) is 1. The number of phenolic OH excluding ortho intramolecular Hbond substituents is 1. The van der Waals surface area contributed by atoms with Crippen LogP contribution in [-0.2, 0) is 4.74 Å². The first-order chi connectivity index (χ1) is 11.3. The van der Waals surface area contributed by atoms with Crippen molar-refractivity contribution in [2.45, 2.75) is 24.5 Å². The van der Waals surface area contributed by atoms with Crippen molar-refractivity contribution in [1.29, 1.82) is 0 Å². The Morgan fingerprint density at radius 3 is 2.65 bits per heavy atom. The van der Waals surface area contributed by atoms with Crippen LogP contribution < -0.4 is 5.32 Å². The van der Waals surface area contributed by atoms with E-state index in [1.807, 2.05) is 24.3 Å². The molecule has 1 spiro atoms. The van der Waals surface area contributed by atoms with E-state index in [1.54, 1.807) is 6.07 Å². The van der Waals surface area contributed by atoms with Crippen LogP contribution in [0.1, 0.15) is 30.0 Å². The first-order valence-corrected chi connectivity index (χ1v) is 8.21. The smallest absolute Gasteiger partial charge is 0.123 e. The first-order valence-electron chi connectivity index (χ1n) is 8.21. The zero-order valence-corrected chi connectivity index (χ0v) is 13.0. The predicted octanol–water partition coefficient (Wildman–Crippen LogP) is 3.67. The lowest BCUT2D eigenvalue weighted by Crippen LogP contribution is -2.47. The van der Waals surface area contributed by atoms with Gasteiger partial charge in [-0.1, -0.05) is 48.5 Å². The van der Waals surface area contributed by atoms with Gasteiger partial charge in [-0.25, -0.2) is 0 Å². The van der Waals surface area contributed by atoms with Crippen molar-refractivity contribution in [2.24, 2.45) is 0 Å². The Morgan fingerprint density at radius 1 is 1.04 bits per heavy atom. The third-order valence-corrected chi connectivity index (χ3v) is 4.88. The van der Waals surface area contributed by atoms with Crippen LogP contribution in [0.5, 0.6) is 5.75 Å². The summed E-state index contributed by atoms with van der Waals surface area (Å²) in [5.41, 5.74) is 2.88. The summed E-state index contributed by atoms with van der Waals surface area (Å²) in [7, 11) is 0. The monoisotopic (exact) mass is 307 g/mol. The Hall–Kier alpha value is -2.10. The first kappa shape index (κ1) is 14.5. The summed E-state index contributed by atoms with van der Waals surface area (Å²) in [5, 5.41) is 13.8. The maximum Gasteiger partial charge on any atom is 0.123 e. The van der Waals surface area contributed by atoms with Crippen LogP contribution in [0.15, 0.2) is 60.7 Å². The van der Waals surface area contributed by atoms with Crippen molar-refractivity contribution in [3.8, 4) is 5.75 Å². The van der Waals surface area contributed by atoms with Crippen LogP contribution in [0, 0.1) is 0 Å². The molecule has 0 amide bonds. The quantitative estimate of drug-likeness (QED) is 0.889. The molecule has 4 rings (SSSR count).